The summed E-state index contributed by atoms with van der Waals surface area (Å²) < 4.78 is 68.4. The predicted molar refractivity (Wildman–Crippen MR) is 386 cm³/mol. The van der Waals surface area contributed by atoms with E-state index in [1.807, 2.05) is 0 Å². The zero-order valence-electron chi connectivity index (χ0n) is 61.5. The minimum absolute atomic E-state index is 0.101. The smallest absolute Gasteiger partial charge is 0.462 e. The van der Waals surface area contributed by atoms with E-state index in [1.165, 1.54) is 167 Å². The van der Waals surface area contributed by atoms with Gasteiger partial charge in [-0.2, -0.15) is 0 Å². The normalized spacial score (nSPS) is 14.2. The summed E-state index contributed by atoms with van der Waals surface area (Å²) in [5.41, 5.74) is 0. The highest BCUT2D eigenvalue weighted by Gasteiger charge is 2.30. The number of phosphoric acid groups is 2. The zero-order valence-corrected chi connectivity index (χ0v) is 63.2. The summed E-state index contributed by atoms with van der Waals surface area (Å²) in [6.07, 6.45) is 57.9. The van der Waals surface area contributed by atoms with Crippen LogP contribution in [0.3, 0.4) is 0 Å². The minimum Gasteiger partial charge on any atom is -0.462 e. The molecule has 0 fully saturated rings. The molecule has 5 atom stereocenters. The van der Waals surface area contributed by atoms with Gasteiger partial charge in [-0.3, -0.25) is 37.3 Å². The molecule has 560 valence electrons. The van der Waals surface area contributed by atoms with Gasteiger partial charge in [0.25, 0.3) is 0 Å². The Hall–Kier alpha value is -2.46. The lowest BCUT2D eigenvalue weighted by molar-refractivity contribution is -0.161. The first-order chi connectivity index (χ1) is 45.9. The number of rotatable bonds is 73. The van der Waals surface area contributed by atoms with E-state index >= 15 is 0 Å². The first-order valence-electron chi connectivity index (χ1n) is 38.8. The number of ether oxygens (including phenoxy) is 4. The van der Waals surface area contributed by atoms with E-state index in [-0.39, 0.29) is 25.7 Å². The van der Waals surface area contributed by atoms with Crippen molar-refractivity contribution < 1.29 is 80.2 Å². The second-order valence-electron chi connectivity index (χ2n) is 27.7. The number of allylic oxidation sites excluding steroid dienone is 4. The summed E-state index contributed by atoms with van der Waals surface area (Å²) in [7, 11) is -9.92. The molecule has 17 nitrogen and oxygen atoms in total. The second-order valence-corrected chi connectivity index (χ2v) is 30.6. The Bertz CT molecular complexity index is 1930. The van der Waals surface area contributed by atoms with Gasteiger partial charge in [0, 0.05) is 25.7 Å². The summed E-state index contributed by atoms with van der Waals surface area (Å²) in [6.45, 7) is 9.47. The van der Waals surface area contributed by atoms with Crippen LogP contribution in [-0.4, -0.2) is 96.7 Å². The van der Waals surface area contributed by atoms with Gasteiger partial charge in [-0.25, -0.2) is 9.13 Å². The van der Waals surface area contributed by atoms with Crippen molar-refractivity contribution >= 4 is 39.5 Å². The van der Waals surface area contributed by atoms with E-state index in [2.05, 4.69) is 65.8 Å². The van der Waals surface area contributed by atoms with Gasteiger partial charge in [0.15, 0.2) is 12.2 Å². The molecule has 2 unspecified atom stereocenters. The van der Waals surface area contributed by atoms with E-state index in [4.69, 9.17) is 37.0 Å². The molecule has 0 aromatic carbocycles. The third kappa shape index (κ3) is 69.8. The quantitative estimate of drug-likeness (QED) is 0.0169. The molecule has 0 amide bonds. The van der Waals surface area contributed by atoms with Gasteiger partial charge in [-0.15, -0.1) is 0 Å². The molecule has 0 aliphatic carbocycles. The standard InChI is InChI=1S/C76H144O17P2/c1-7-9-11-13-15-17-18-19-24-28-31-35-41-47-53-59-74(79)87-64-71(92-75(80)60-54-48-42-36-32-29-26-23-21-20-22-25-27-30-34-38-44-50-56-68(3)4)66-90-94(82,83)88-62-70(77)63-89-95(84,85)91-67-72(65-86-73(78)58-52-46-40-33-16-14-12-10-8-2)93-76(81)61-55-49-43-37-39-45-51-57-69(5)6/h17-19,24,68-72,77H,7-16,20-23,25-67H2,1-6H3,(H,82,83)(H,84,85)/b18-17-,24-19-/t70-,71-,72-/m1/s1. The maximum absolute atomic E-state index is 13.1. The first kappa shape index (κ1) is 92.5. The molecule has 0 aliphatic heterocycles. The topological polar surface area (TPSA) is 237 Å². The molecule has 0 saturated heterocycles. The molecule has 95 heavy (non-hydrogen) atoms. The van der Waals surface area contributed by atoms with Crippen LogP contribution in [0.5, 0.6) is 0 Å². The molecule has 0 aromatic heterocycles. The number of aliphatic hydroxyl groups excluding tert-OH is 1. The lowest BCUT2D eigenvalue weighted by Gasteiger charge is -2.21. The highest BCUT2D eigenvalue weighted by molar-refractivity contribution is 7.47. The average molecular weight is 1390 g/mol. The van der Waals surface area contributed by atoms with E-state index in [0.717, 1.165) is 115 Å². The maximum Gasteiger partial charge on any atom is 0.472 e. The SMILES string of the molecule is CCCCCC/C=C\C=C/CCCCCCCC(=O)OC[C@H](COP(=O)(O)OC[C@@H](O)COP(=O)(O)OC[C@@H](COC(=O)CCCCCCCCCCC)OC(=O)CCCCCCCCCC(C)C)OC(=O)CCCCCCCCCCCCCCCCCCCCC(C)C. The number of hydrogen-bond acceptors (Lipinski definition) is 15. The van der Waals surface area contributed by atoms with Crippen LogP contribution in [-0.2, 0) is 65.4 Å². The van der Waals surface area contributed by atoms with Crippen molar-refractivity contribution in [3.8, 4) is 0 Å². The Morgan fingerprint density at radius 2 is 0.568 bits per heavy atom. The van der Waals surface area contributed by atoms with Crippen LogP contribution in [0.4, 0.5) is 0 Å². The molecular weight excluding hydrogens is 1250 g/mol. The van der Waals surface area contributed by atoms with Gasteiger partial charge >= 0.3 is 39.5 Å². The summed E-state index contributed by atoms with van der Waals surface area (Å²) in [4.78, 5) is 72.6. The van der Waals surface area contributed by atoms with Crippen LogP contribution >= 0.6 is 15.6 Å². The van der Waals surface area contributed by atoms with Crippen molar-refractivity contribution in [2.24, 2.45) is 11.8 Å². The Labute approximate surface area is 580 Å². The lowest BCUT2D eigenvalue weighted by atomic mass is 10.0. The number of aliphatic hydroxyl groups is 1. The van der Waals surface area contributed by atoms with E-state index < -0.39 is 97.5 Å². The van der Waals surface area contributed by atoms with Crippen LogP contribution in [0.25, 0.3) is 0 Å². The highest BCUT2D eigenvalue weighted by Crippen LogP contribution is 2.45. The number of unbranched alkanes of at least 4 members (excludes halogenated alkanes) is 40. The van der Waals surface area contributed by atoms with Crippen molar-refractivity contribution in [3.05, 3.63) is 24.3 Å². The molecule has 0 aliphatic rings. The fraction of sp³-hybridized carbons (Fsp3) is 0.895. The fourth-order valence-corrected chi connectivity index (χ4v) is 12.7. The zero-order chi connectivity index (χ0) is 70.0. The Morgan fingerprint density at radius 3 is 0.863 bits per heavy atom. The largest absolute Gasteiger partial charge is 0.472 e. The van der Waals surface area contributed by atoms with Crippen LogP contribution < -0.4 is 0 Å². The number of carbonyl (C=O) groups excluding carboxylic acids is 4. The third-order valence-corrected chi connectivity index (χ3v) is 19.0. The monoisotopic (exact) mass is 1390 g/mol. The Kier molecular flexibility index (Phi) is 65.6. The number of hydrogen-bond donors (Lipinski definition) is 3. The maximum atomic E-state index is 13.1. The number of esters is 4. The lowest BCUT2D eigenvalue weighted by Crippen LogP contribution is -2.30. The molecular formula is C76H144O17P2. The van der Waals surface area contributed by atoms with Gasteiger partial charge in [0.1, 0.15) is 19.3 Å². The highest BCUT2D eigenvalue weighted by atomic mass is 31.2. The van der Waals surface area contributed by atoms with Crippen molar-refractivity contribution in [2.45, 2.75) is 387 Å². The van der Waals surface area contributed by atoms with Crippen molar-refractivity contribution in [3.63, 3.8) is 0 Å². The molecule has 19 heteroatoms. The summed E-state index contributed by atoms with van der Waals surface area (Å²) in [5.74, 6) is -0.638. The molecule has 0 spiro atoms. The van der Waals surface area contributed by atoms with Crippen molar-refractivity contribution in [1.29, 1.82) is 0 Å². The molecule has 3 N–H and O–H groups in total. The molecule has 0 aromatic rings. The van der Waals surface area contributed by atoms with Crippen molar-refractivity contribution in [1.82, 2.24) is 0 Å². The van der Waals surface area contributed by atoms with E-state index in [0.29, 0.717) is 31.6 Å². The summed E-state index contributed by atoms with van der Waals surface area (Å²) in [5, 5.41) is 10.6. The predicted octanol–water partition coefficient (Wildman–Crippen LogP) is 21.9. The second kappa shape index (κ2) is 67.4. The van der Waals surface area contributed by atoms with E-state index in [9.17, 15) is 43.2 Å². The molecule has 0 saturated carbocycles. The number of carbonyl (C=O) groups is 4. The third-order valence-electron chi connectivity index (χ3n) is 17.1. The summed E-state index contributed by atoms with van der Waals surface area (Å²) >= 11 is 0. The van der Waals surface area contributed by atoms with Crippen LogP contribution in [0.1, 0.15) is 369 Å². The van der Waals surface area contributed by atoms with Crippen LogP contribution in [0.15, 0.2) is 24.3 Å². The molecule has 0 rings (SSSR count). The van der Waals surface area contributed by atoms with Gasteiger partial charge in [0.2, 0.25) is 0 Å². The van der Waals surface area contributed by atoms with Gasteiger partial charge in [0.05, 0.1) is 26.4 Å². The molecule has 0 bridgehead atoms. The Morgan fingerprint density at radius 1 is 0.326 bits per heavy atom. The summed E-state index contributed by atoms with van der Waals surface area (Å²) in [6, 6.07) is 0. The fourth-order valence-electron chi connectivity index (χ4n) is 11.1. The van der Waals surface area contributed by atoms with Crippen molar-refractivity contribution in [2.75, 3.05) is 39.6 Å². The van der Waals surface area contributed by atoms with Gasteiger partial charge < -0.3 is 33.8 Å². The number of phosphoric ester groups is 2. The van der Waals surface area contributed by atoms with Crippen LogP contribution in [0, 0.1) is 11.8 Å². The van der Waals surface area contributed by atoms with E-state index in [1.54, 1.807) is 0 Å². The molecule has 0 radical (unpaired) electrons. The Balaban J connectivity index is 5.22. The molecule has 0 heterocycles. The first-order valence-corrected chi connectivity index (χ1v) is 41.8. The van der Waals surface area contributed by atoms with Crippen LogP contribution in [0.2, 0.25) is 0 Å². The average Bonchev–Trinajstić information content (AvgIpc) is 1.19. The van der Waals surface area contributed by atoms with Gasteiger partial charge in [-0.1, -0.05) is 316 Å². The minimum atomic E-state index is -4.96. The van der Waals surface area contributed by atoms with Gasteiger partial charge in [-0.05, 0) is 63.2 Å².